The number of hydrogen-bond donors (Lipinski definition) is 1. The Hall–Kier alpha value is -1.77. The fourth-order valence-electron chi connectivity index (χ4n) is 1.23. The van der Waals surface area contributed by atoms with E-state index in [-0.39, 0.29) is 6.42 Å². The molecule has 0 atom stereocenters. The molecular formula is C11H12F3N3. The van der Waals surface area contributed by atoms with E-state index in [9.17, 15) is 13.2 Å². The van der Waals surface area contributed by atoms with Crippen LogP contribution in [0, 0.1) is 11.3 Å². The summed E-state index contributed by atoms with van der Waals surface area (Å²) in [6, 6.07) is 5.16. The zero-order chi connectivity index (χ0) is 12.7. The van der Waals surface area contributed by atoms with Crippen LogP contribution in [0.15, 0.2) is 18.3 Å². The number of rotatable bonds is 5. The molecule has 1 aromatic rings. The van der Waals surface area contributed by atoms with Gasteiger partial charge in [-0.25, -0.2) is 4.98 Å². The highest BCUT2D eigenvalue weighted by Crippen LogP contribution is 2.22. The van der Waals surface area contributed by atoms with Crippen LogP contribution in [-0.2, 0) is 0 Å². The summed E-state index contributed by atoms with van der Waals surface area (Å²) in [4.78, 5) is 3.94. The van der Waals surface area contributed by atoms with Gasteiger partial charge in [0.05, 0.1) is 5.56 Å². The van der Waals surface area contributed by atoms with Crippen LogP contribution in [0.5, 0.6) is 0 Å². The van der Waals surface area contributed by atoms with Gasteiger partial charge in [-0.2, -0.15) is 18.4 Å². The maximum Gasteiger partial charge on any atom is 0.389 e. The molecule has 92 valence electrons. The lowest BCUT2D eigenvalue weighted by Gasteiger charge is -2.07. The third kappa shape index (κ3) is 5.76. The quantitative estimate of drug-likeness (QED) is 0.808. The van der Waals surface area contributed by atoms with E-state index in [1.165, 1.54) is 6.20 Å². The fraction of sp³-hybridized carbons (Fsp3) is 0.455. The predicted octanol–water partition coefficient (Wildman–Crippen LogP) is 3.10. The largest absolute Gasteiger partial charge is 0.389 e. The van der Waals surface area contributed by atoms with Crippen molar-refractivity contribution in [3.05, 3.63) is 23.9 Å². The van der Waals surface area contributed by atoms with Crippen molar-refractivity contribution >= 4 is 5.82 Å². The van der Waals surface area contributed by atoms with Crippen molar-refractivity contribution in [3.63, 3.8) is 0 Å². The Bertz CT molecular complexity index is 378. The zero-order valence-corrected chi connectivity index (χ0v) is 9.09. The van der Waals surface area contributed by atoms with Crippen molar-refractivity contribution in [2.45, 2.75) is 25.4 Å². The summed E-state index contributed by atoms with van der Waals surface area (Å²) in [5.74, 6) is 0.566. The Morgan fingerprint density at radius 3 is 2.59 bits per heavy atom. The maximum absolute atomic E-state index is 11.8. The van der Waals surface area contributed by atoms with Crippen molar-refractivity contribution in [3.8, 4) is 6.07 Å². The highest BCUT2D eigenvalue weighted by Gasteiger charge is 2.25. The molecule has 17 heavy (non-hydrogen) atoms. The van der Waals surface area contributed by atoms with Gasteiger partial charge >= 0.3 is 6.18 Å². The molecule has 6 heteroatoms. The number of nitrogens with one attached hydrogen (secondary N) is 1. The third-order valence-corrected chi connectivity index (χ3v) is 2.09. The molecule has 0 saturated carbocycles. The van der Waals surface area contributed by atoms with Gasteiger partial charge in [0.2, 0.25) is 0 Å². The normalized spacial score (nSPS) is 10.9. The van der Waals surface area contributed by atoms with Gasteiger partial charge in [0.25, 0.3) is 0 Å². The Balaban J connectivity index is 2.20. The van der Waals surface area contributed by atoms with E-state index in [2.05, 4.69) is 10.3 Å². The number of halogens is 3. The van der Waals surface area contributed by atoms with Gasteiger partial charge in [-0.1, -0.05) is 0 Å². The number of anilines is 1. The number of nitrogens with zero attached hydrogens (tertiary/aromatic N) is 2. The molecule has 0 spiro atoms. The molecule has 0 radical (unpaired) electrons. The minimum atomic E-state index is -4.08. The average molecular weight is 243 g/mol. The third-order valence-electron chi connectivity index (χ3n) is 2.09. The van der Waals surface area contributed by atoms with E-state index in [1.807, 2.05) is 6.07 Å². The maximum atomic E-state index is 11.8. The summed E-state index contributed by atoms with van der Waals surface area (Å²) < 4.78 is 35.5. The van der Waals surface area contributed by atoms with Crippen LogP contribution in [0.3, 0.4) is 0 Å². The monoisotopic (exact) mass is 243 g/mol. The highest BCUT2D eigenvalue weighted by atomic mass is 19.4. The minimum Gasteiger partial charge on any atom is -0.370 e. The number of pyridine rings is 1. The molecule has 1 N–H and O–H groups in total. The highest BCUT2D eigenvalue weighted by molar-refractivity contribution is 5.38. The first-order valence-electron chi connectivity index (χ1n) is 5.18. The number of alkyl halides is 3. The molecule has 0 bridgehead atoms. The smallest absolute Gasteiger partial charge is 0.370 e. The van der Waals surface area contributed by atoms with E-state index >= 15 is 0 Å². The van der Waals surface area contributed by atoms with E-state index in [1.54, 1.807) is 12.1 Å². The summed E-state index contributed by atoms with van der Waals surface area (Å²) in [5, 5.41) is 11.4. The van der Waals surface area contributed by atoms with Crippen molar-refractivity contribution in [1.29, 1.82) is 5.26 Å². The Labute approximate surface area is 97.3 Å². The van der Waals surface area contributed by atoms with Crippen LogP contribution >= 0.6 is 0 Å². The van der Waals surface area contributed by atoms with Gasteiger partial charge in [-0.15, -0.1) is 0 Å². The Kier molecular flexibility index (Phi) is 4.76. The molecule has 3 nitrogen and oxygen atoms in total. The van der Waals surface area contributed by atoms with Crippen LogP contribution in [0.1, 0.15) is 24.8 Å². The predicted molar refractivity (Wildman–Crippen MR) is 57.3 cm³/mol. The SMILES string of the molecule is N#Cc1ccc(NCCCCC(F)(F)F)nc1. The standard InChI is InChI=1S/C11H12F3N3/c12-11(13,14)5-1-2-6-16-10-4-3-9(7-15)8-17-10/h3-4,8H,1-2,5-6H2,(H,16,17). The second kappa shape index (κ2) is 6.09. The van der Waals surface area contributed by atoms with Gasteiger partial charge in [-0.05, 0) is 25.0 Å². The molecule has 0 aromatic carbocycles. The Morgan fingerprint density at radius 1 is 1.29 bits per heavy atom. The van der Waals surface area contributed by atoms with Gasteiger partial charge in [0.15, 0.2) is 0 Å². The number of hydrogen-bond acceptors (Lipinski definition) is 3. The summed E-state index contributed by atoms with van der Waals surface area (Å²) in [6.45, 7) is 0.439. The molecule has 1 aromatic heterocycles. The molecule has 1 rings (SSSR count). The zero-order valence-electron chi connectivity index (χ0n) is 9.09. The molecule has 0 fully saturated rings. The van der Waals surface area contributed by atoms with E-state index < -0.39 is 12.6 Å². The molecule has 0 unspecified atom stereocenters. The minimum absolute atomic E-state index is 0.104. The molecule has 0 amide bonds. The molecule has 0 aliphatic carbocycles. The van der Waals surface area contributed by atoms with Gasteiger partial charge in [-0.3, -0.25) is 0 Å². The van der Waals surface area contributed by atoms with E-state index in [4.69, 9.17) is 5.26 Å². The number of nitriles is 1. The van der Waals surface area contributed by atoms with Crippen molar-refractivity contribution < 1.29 is 13.2 Å². The fourth-order valence-corrected chi connectivity index (χ4v) is 1.23. The topological polar surface area (TPSA) is 48.7 Å². The summed E-state index contributed by atoms with van der Waals surface area (Å²) in [5.41, 5.74) is 0.452. The molecule has 1 heterocycles. The molecule has 0 saturated heterocycles. The van der Waals surface area contributed by atoms with Crippen molar-refractivity contribution in [2.75, 3.05) is 11.9 Å². The summed E-state index contributed by atoms with van der Waals surface area (Å²) in [6.07, 6.45) is -2.88. The number of aromatic nitrogens is 1. The van der Waals surface area contributed by atoms with E-state index in [0.29, 0.717) is 24.3 Å². The Morgan fingerprint density at radius 2 is 2.06 bits per heavy atom. The lowest BCUT2D eigenvalue weighted by Crippen LogP contribution is -2.09. The van der Waals surface area contributed by atoms with Crippen LogP contribution in [0.25, 0.3) is 0 Å². The van der Waals surface area contributed by atoms with Crippen LogP contribution in [0.4, 0.5) is 19.0 Å². The van der Waals surface area contributed by atoms with Crippen molar-refractivity contribution in [2.24, 2.45) is 0 Å². The lowest BCUT2D eigenvalue weighted by atomic mass is 10.2. The van der Waals surface area contributed by atoms with Crippen molar-refractivity contribution in [1.82, 2.24) is 4.98 Å². The number of unbranched alkanes of at least 4 members (excludes halogenated alkanes) is 1. The molecule has 0 aliphatic heterocycles. The second-order valence-corrected chi connectivity index (χ2v) is 3.54. The first-order valence-corrected chi connectivity index (χ1v) is 5.18. The first-order chi connectivity index (χ1) is 8.01. The first kappa shape index (κ1) is 13.3. The van der Waals surface area contributed by atoms with Crippen LogP contribution < -0.4 is 5.32 Å². The lowest BCUT2D eigenvalue weighted by molar-refractivity contribution is -0.135. The van der Waals surface area contributed by atoms with E-state index in [0.717, 1.165) is 0 Å². The summed E-state index contributed by atoms with van der Waals surface area (Å²) in [7, 11) is 0. The van der Waals surface area contributed by atoms with Gasteiger partial charge in [0.1, 0.15) is 11.9 Å². The molecule has 0 aliphatic rings. The molecular weight excluding hydrogens is 231 g/mol. The average Bonchev–Trinajstić information content (AvgIpc) is 2.28. The second-order valence-electron chi connectivity index (χ2n) is 3.54. The van der Waals surface area contributed by atoms with Gasteiger partial charge < -0.3 is 5.32 Å². The van der Waals surface area contributed by atoms with Crippen LogP contribution in [-0.4, -0.2) is 17.7 Å². The van der Waals surface area contributed by atoms with Gasteiger partial charge in [0, 0.05) is 19.2 Å². The summed E-state index contributed by atoms with van der Waals surface area (Å²) >= 11 is 0. The van der Waals surface area contributed by atoms with Crippen LogP contribution in [0.2, 0.25) is 0 Å².